The topological polar surface area (TPSA) is 154 Å². The number of non-ortho nitro benzene ring substituents is 1. The van der Waals surface area contributed by atoms with Gasteiger partial charge in [-0.1, -0.05) is 24.0 Å². The molecule has 1 aromatic rings. The maximum atomic E-state index is 12.8. The summed E-state index contributed by atoms with van der Waals surface area (Å²) in [5.41, 5.74) is 0.436. The summed E-state index contributed by atoms with van der Waals surface area (Å²) in [7, 11) is 0. The van der Waals surface area contributed by atoms with Gasteiger partial charge in [-0.2, -0.15) is 0 Å². The van der Waals surface area contributed by atoms with Crippen molar-refractivity contribution in [1.29, 1.82) is 0 Å². The molecule has 1 aromatic carbocycles. The second-order valence-corrected chi connectivity index (χ2v) is 7.80. The zero-order valence-corrected chi connectivity index (χ0v) is 15.7. The van der Waals surface area contributed by atoms with E-state index in [1.807, 2.05) is 0 Å². The Labute approximate surface area is 168 Å². The largest absolute Gasteiger partial charge is 0.394 e. The lowest BCUT2D eigenvalue weighted by Gasteiger charge is -2.42. The average Bonchev–Trinajstić information content (AvgIpc) is 2.94. The third-order valence-corrected chi connectivity index (χ3v) is 5.68. The highest BCUT2D eigenvalue weighted by atomic mass is 32.2. The van der Waals surface area contributed by atoms with E-state index in [0.29, 0.717) is 5.56 Å². The molecule has 2 saturated heterocycles. The molecule has 0 unspecified atom stereocenters. The fourth-order valence-corrected chi connectivity index (χ4v) is 4.15. The van der Waals surface area contributed by atoms with Crippen molar-refractivity contribution in [2.24, 2.45) is 0 Å². The second kappa shape index (κ2) is 8.21. The van der Waals surface area contributed by atoms with Crippen LogP contribution in [0, 0.1) is 10.1 Å². The van der Waals surface area contributed by atoms with Crippen LogP contribution in [0.5, 0.6) is 0 Å². The minimum Gasteiger partial charge on any atom is -0.394 e. The molecule has 4 N–H and O–H groups in total. The number of aliphatic hydroxyl groups is 4. The summed E-state index contributed by atoms with van der Waals surface area (Å²) in [6.45, 7) is -0.630. The van der Waals surface area contributed by atoms with Crippen molar-refractivity contribution in [3.8, 4) is 0 Å². The molecule has 2 fully saturated rings. The van der Waals surface area contributed by atoms with Crippen molar-refractivity contribution >= 4 is 46.0 Å². The van der Waals surface area contributed by atoms with Crippen molar-refractivity contribution in [2.75, 3.05) is 6.61 Å². The third kappa shape index (κ3) is 3.80. The van der Waals surface area contributed by atoms with E-state index in [4.69, 9.17) is 17.0 Å². The molecule has 0 bridgehead atoms. The van der Waals surface area contributed by atoms with Gasteiger partial charge in [0.1, 0.15) is 24.4 Å². The first-order valence-corrected chi connectivity index (χ1v) is 9.29. The highest BCUT2D eigenvalue weighted by Crippen LogP contribution is 2.37. The molecule has 0 aromatic heterocycles. The summed E-state index contributed by atoms with van der Waals surface area (Å²) in [4.78, 5) is 24.1. The summed E-state index contributed by atoms with van der Waals surface area (Å²) in [6, 6.07) is 5.53. The summed E-state index contributed by atoms with van der Waals surface area (Å²) in [5, 5.41) is 50.0. The summed E-state index contributed by atoms with van der Waals surface area (Å²) < 4.78 is 5.45. The molecular formula is C16H16N2O8S2. The monoisotopic (exact) mass is 428 g/mol. The average molecular weight is 428 g/mol. The van der Waals surface area contributed by atoms with E-state index in [-0.39, 0.29) is 14.9 Å². The molecule has 150 valence electrons. The lowest BCUT2D eigenvalue weighted by Crippen LogP contribution is -2.63. The number of nitrogens with zero attached hydrogens (tertiary/aromatic N) is 2. The fraction of sp³-hybridized carbons (Fsp3) is 0.375. The van der Waals surface area contributed by atoms with Gasteiger partial charge in [0.15, 0.2) is 10.5 Å². The number of hydrogen-bond acceptors (Lipinski definition) is 10. The first-order valence-electron chi connectivity index (χ1n) is 8.06. The number of carbonyl (C=O) groups is 1. The molecule has 2 heterocycles. The standard InChI is InChI=1S/C16H16N2O8S2/c19-6-9-11(20)12(21)13(22)15(26-9)17-14(23)10(28-16(17)27)5-7-1-3-8(4-2-7)18(24)25/h1-5,9,11-13,15,19-22H,6H2/t9-,11-,12+,13-,15-/m1/s1. The molecule has 1 amide bonds. The van der Waals surface area contributed by atoms with Gasteiger partial charge >= 0.3 is 0 Å². The van der Waals surface area contributed by atoms with E-state index in [1.165, 1.54) is 30.3 Å². The Balaban J connectivity index is 1.84. The van der Waals surface area contributed by atoms with Crippen LogP contribution in [0.2, 0.25) is 0 Å². The molecule has 2 aliphatic heterocycles. The molecule has 28 heavy (non-hydrogen) atoms. The molecule has 12 heteroatoms. The van der Waals surface area contributed by atoms with Gasteiger partial charge in [0.05, 0.1) is 16.4 Å². The number of nitro benzene ring substituents is 1. The Kier molecular flexibility index (Phi) is 6.09. The second-order valence-electron chi connectivity index (χ2n) is 6.12. The van der Waals surface area contributed by atoms with Crippen LogP contribution in [0.4, 0.5) is 5.69 Å². The van der Waals surface area contributed by atoms with Crippen LogP contribution in [-0.4, -0.2) is 77.7 Å². The SMILES string of the molecule is O=C1C(=Cc2ccc([N+](=O)[O-])cc2)SC(=S)N1[C@@H]1O[C@H](CO)[C@@H](O)[C@H](O)[C@H]1O. The number of rotatable bonds is 4. The van der Waals surface area contributed by atoms with Gasteiger partial charge in [-0.25, -0.2) is 0 Å². The van der Waals surface area contributed by atoms with E-state index >= 15 is 0 Å². The van der Waals surface area contributed by atoms with Crippen LogP contribution in [0.15, 0.2) is 29.2 Å². The Bertz CT molecular complexity index is 828. The number of thiocarbonyl (C=S) groups is 1. The van der Waals surface area contributed by atoms with Gasteiger partial charge < -0.3 is 25.2 Å². The smallest absolute Gasteiger partial charge is 0.269 e. The van der Waals surface area contributed by atoms with Crippen LogP contribution < -0.4 is 0 Å². The number of benzene rings is 1. The number of hydrogen-bond donors (Lipinski definition) is 4. The summed E-state index contributed by atoms with van der Waals surface area (Å²) in [6.07, 6.45) is -5.91. The van der Waals surface area contributed by atoms with Gasteiger partial charge in [-0.3, -0.25) is 19.8 Å². The number of nitro groups is 1. The fourth-order valence-electron chi connectivity index (χ4n) is 2.84. The number of amides is 1. The lowest BCUT2D eigenvalue weighted by molar-refractivity contribution is -0.384. The Morgan fingerprint density at radius 1 is 1.21 bits per heavy atom. The zero-order valence-electron chi connectivity index (χ0n) is 14.1. The number of ether oxygens (including phenoxy) is 1. The third-order valence-electron chi connectivity index (χ3n) is 4.35. The molecule has 0 aliphatic carbocycles. The molecule has 0 spiro atoms. The Hall–Kier alpha value is -1.93. The van der Waals surface area contributed by atoms with E-state index in [9.17, 15) is 35.3 Å². The summed E-state index contributed by atoms with van der Waals surface area (Å²) in [5.74, 6) is -0.599. The normalized spacial score (nSPS) is 32.2. The Morgan fingerprint density at radius 3 is 2.43 bits per heavy atom. The molecule has 0 radical (unpaired) electrons. The van der Waals surface area contributed by atoms with Crippen LogP contribution in [-0.2, 0) is 9.53 Å². The van der Waals surface area contributed by atoms with Crippen molar-refractivity contribution in [2.45, 2.75) is 30.6 Å². The molecular weight excluding hydrogens is 412 g/mol. The maximum absolute atomic E-state index is 12.8. The molecule has 3 rings (SSSR count). The summed E-state index contributed by atoms with van der Waals surface area (Å²) >= 11 is 6.11. The Morgan fingerprint density at radius 2 is 1.86 bits per heavy atom. The van der Waals surface area contributed by atoms with Gasteiger partial charge in [0.25, 0.3) is 11.6 Å². The van der Waals surface area contributed by atoms with E-state index in [1.54, 1.807) is 0 Å². The van der Waals surface area contributed by atoms with Crippen LogP contribution in [0.3, 0.4) is 0 Å². The highest BCUT2D eigenvalue weighted by molar-refractivity contribution is 8.26. The molecule has 10 nitrogen and oxygen atoms in total. The minimum absolute atomic E-state index is 0.0579. The van der Waals surface area contributed by atoms with Crippen LogP contribution in [0.25, 0.3) is 6.08 Å². The first-order chi connectivity index (χ1) is 13.2. The highest BCUT2D eigenvalue weighted by Gasteiger charge is 2.50. The van der Waals surface area contributed by atoms with E-state index in [2.05, 4.69) is 0 Å². The molecule has 0 saturated carbocycles. The predicted octanol–water partition coefficient (Wildman–Crippen LogP) is -0.404. The number of thioether (sulfide) groups is 1. The van der Waals surface area contributed by atoms with Gasteiger partial charge in [0.2, 0.25) is 0 Å². The van der Waals surface area contributed by atoms with Crippen LogP contribution >= 0.6 is 24.0 Å². The number of aliphatic hydroxyl groups excluding tert-OH is 4. The molecule has 2 aliphatic rings. The van der Waals surface area contributed by atoms with E-state index in [0.717, 1.165) is 16.7 Å². The lowest BCUT2D eigenvalue weighted by atomic mass is 9.98. The number of carbonyl (C=O) groups excluding carboxylic acids is 1. The predicted molar refractivity (Wildman–Crippen MR) is 102 cm³/mol. The van der Waals surface area contributed by atoms with Crippen molar-refractivity contribution in [3.63, 3.8) is 0 Å². The van der Waals surface area contributed by atoms with E-state index < -0.39 is 48.1 Å². The molecule has 5 atom stereocenters. The zero-order chi connectivity index (χ0) is 20.6. The van der Waals surface area contributed by atoms with Gasteiger partial charge in [0, 0.05) is 12.1 Å². The van der Waals surface area contributed by atoms with Gasteiger partial charge in [-0.05, 0) is 23.8 Å². The first kappa shape index (κ1) is 20.8. The van der Waals surface area contributed by atoms with Gasteiger partial charge in [-0.15, -0.1) is 0 Å². The minimum atomic E-state index is -1.64. The van der Waals surface area contributed by atoms with Crippen molar-refractivity contribution in [1.82, 2.24) is 4.90 Å². The maximum Gasteiger partial charge on any atom is 0.269 e. The van der Waals surface area contributed by atoms with Crippen molar-refractivity contribution < 1.29 is 34.9 Å². The quantitative estimate of drug-likeness (QED) is 0.215. The van der Waals surface area contributed by atoms with Crippen LogP contribution in [0.1, 0.15) is 5.56 Å². The van der Waals surface area contributed by atoms with Crippen molar-refractivity contribution in [3.05, 3.63) is 44.8 Å².